The fourth-order valence-corrected chi connectivity index (χ4v) is 3.44. The van der Waals surface area contributed by atoms with Gasteiger partial charge in [0.15, 0.2) is 11.6 Å². The van der Waals surface area contributed by atoms with E-state index in [1.54, 1.807) is 12.1 Å². The number of hydrogen-bond acceptors (Lipinski definition) is 2. The maximum atomic E-state index is 13.7. The van der Waals surface area contributed by atoms with E-state index in [9.17, 15) is 9.50 Å². The highest BCUT2D eigenvalue weighted by Gasteiger charge is 2.64. The molecule has 2 saturated carbocycles. The van der Waals surface area contributed by atoms with Crippen LogP contribution in [0.1, 0.15) is 31.2 Å². The molecule has 2 unspecified atom stereocenters. The summed E-state index contributed by atoms with van der Waals surface area (Å²) in [5, 5.41) is 10.6. The molecular formula is C14H17FO2. The van der Waals surface area contributed by atoms with Gasteiger partial charge in [0.2, 0.25) is 0 Å². The summed E-state index contributed by atoms with van der Waals surface area (Å²) >= 11 is 0. The summed E-state index contributed by atoms with van der Waals surface area (Å²) in [7, 11) is 1.45. The molecule has 0 spiro atoms. The van der Waals surface area contributed by atoms with Crippen LogP contribution in [-0.4, -0.2) is 12.2 Å². The van der Waals surface area contributed by atoms with Crippen molar-refractivity contribution < 1.29 is 14.2 Å². The van der Waals surface area contributed by atoms with Crippen LogP contribution in [0.15, 0.2) is 18.2 Å². The summed E-state index contributed by atoms with van der Waals surface area (Å²) in [5.41, 5.74) is -0.0587. The van der Waals surface area contributed by atoms with Crippen LogP contribution in [0.3, 0.4) is 0 Å². The van der Waals surface area contributed by atoms with Crippen LogP contribution in [0, 0.1) is 17.7 Å². The van der Waals surface area contributed by atoms with Crippen molar-refractivity contribution in [3.8, 4) is 5.75 Å². The lowest BCUT2D eigenvalue weighted by Crippen LogP contribution is -2.10. The molecule has 1 aromatic rings. The summed E-state index contributed by atoms with van der Waals surface area (Å²) in [6.45, 7) is 0. The van der Waals surface area contributed by atoms with Crippen LogP contribution in [0.25, 0.3) is 0 Å². The van der Waals surface area contributed by atoms with Crippen molar-refractivity contribution in [3.05, 3.63) is 29.6 Å². The van der Waals surface area contributed by atoms with Gasteiger partial charge in [0, 0.05) is 0 Å². The first kappa shape index (κ1) is 11.0. The number of aliphatic hydroxyl groups is 1. The number of benzene rings is 1. The number of halogens is 1. The van der Waals surface area contributed by atoms with Crippen LogP contribution in [0.5, 0.6) is 5.75 Å². The number of rotatable bonds is 2. The third-order valence-electron chi connectivity index (χ3n) is 4.40. The van der Waals surface area contributed by atoms with Crippen molar-refractivity contribution in [2.24, 2.45) is 11.8 Å². The zero-order valence-electron chi connectivity index (χ0n) is 9.95. The van der Waals surface area contributed by atoms with Gasteiger partial charge in [-0.05, 0) is 42.4 Å². The zero-order chi connectivity index (χ0) is 12.0. The minimum absolute atomic E-state index is 0.237. The predicted molar refractivity (Wildman–Crippen MR) is 62.3 cm³/mol. The molecule has 0 radical (unpaired) electrons. The second-order valence-corrected chi connectivity index (χ2v) is 5.17. The molecule has 0 aliphatic heterocycles. The maximum Gasteiger partial charge on any atom is 0.165 e. The van der Waals surface area contributed by atoms with Crippen LogP contribution in [-0.2, 0) is 5.60 Å². The van der Waals surface area contributed by atoms with Crippen molar-refractivity contribution in [2.45, 2.75) is 31.3 Å². The van der Waals surface area contributed by atoms with Crippen molar-refractivity contribution in [3.63, 3.8) is 0 Å². The summed E-state index contributed by atoms with van der Waals surface area (Å²) in [6, 6.07) is 4.82. The lowest BCUT2D eigenvalue weighted by molar-refractivity contribution is 0.117. The van der Waals surface area contributed by atoms with Crippen LogP contribution >= 0.6 is 0 Å². The van der Waals surface area contributed by atoms with E-state index in [4.69, 9.17) is 4.74 Å². The molecule has 2 fully saturated rings. The van der Waals surface area contributed by atoms with Crippen LogP contribution < -0.4 is 4.74 Å². The monoisotopic (exact) mass is 236 g/mol. The highest BCUT2D eigenvalue weighted by Crippen LogP contribution is 2.64. The zero-order valence-corrected chi connectivity index (χ0v) is 9.95. The van der Waals surface area contributed by atoms with Gasteiger partial charge in [-0.2, -0.15) is 0 Å². The van der Waals surface area contributed by atoms with Crippen molar-refractivity contribution >= 4 is 0 Å². The molecule has 0 amide bonds. The Bertz CT molecular complexity index is 432. The fraction of sp³-hybridized carbons (Fsp3) is 0.571. The molecule has 0 heterocycles. The molecule has 0 bridgehead atoms. The minimum Gasteiger partial charge on any atom is -0.494 e. The van der Waals surface area contributed by atoms with E-state index in [0.717, 1.165) is 12.8 Å². The SMILES string of the molecule is COc1ccc(C2(O)C3CCCCC32)cc1F. The molecule has 0 saturated heterocycles. The summed E-state index contributed by atoms with van der Waals surface area (Å²) in [6.07, 6.45) is 4.49. The molecule has 2 atom stereocenters. The van der Waals surface area contributed by atoms with E-state index in [0.29, 0.717) is 17.4 Å². The van der Waals surface area contributed by atoms with E-state index in [2.05, 4.69) is 0 Å². The number of hydrogen-bond donors (Lipinski definition) is 1. The Morgan fingerprint density at radius 3 is 2.47 bits per heavy atom. The lowest BCUT2D eigenvalue weighted by atomic mass is 10.0. The van der Waals surface area contributed by atoms with E-state index >= 15 is 0 Å². The Labute approximate surface area is 100 Å². The normalized spacial score (nSPS) is 35.2. The van der Waals surface area contributed by atoms with E-state index in [1.165, 1.54) is 26.0 Å². The largest absolute Gasteiger partial charge is 0.494 e. The van der Waals surface area contributed by atoms with Gasteiger partial charge in [0.05, 0.1) is 12.7 Å². The van der Waals surface area contributed by atoms with Crippen molar-refractivity contribution in [1.82, 2.24) is 0 Å². The average molecular weight is 236 g/mol. The van der Waals surface area contributed by atoms with Gasteiger partial charge in [-0.3, -0.25) is 0 Å². The minimum atomic E-state index is -0.774. The van der Waals surface area contributed by atoms with Gasteiger partial charge >= 0.3 is 0 Å². The Hall–Kier alpha value is -1.09. The van der Waals surface area contributed by atoms with Gasteiger partial charge in [0.25, 0.3) is 0 Å². The third kappa shape index (κ3) is 1.48. The smallest absolute Gasteiger partial charge is 0.165 e. The van der Waals surface area contributed by atoms with Gasteiger partial charge < -0.3 is 9.84 Å². The van der Waals surface area contributed by atoms with Crippen molar-refractivity contribution in [1.29, 1.82) is 0 Å². The van der Waals surface area contributed by atoms with Gasteiger partial charge in [-0.1, -0.05) is 18.9 Å². The Morgan fingerprint density at radius 1 is 1.29 bits per heavy atom. The highest BCUT2D eigenvalue weighted by molar-refractivity contribution is 5.38. The first-order valence-corrected chi connectivity index (χ1v) is 6.24. The molecule has 3 heteroatoms. The number of ether oxygens (including phenoxy) is 1. The summed E-state index contributed by atoms with van der Waals surface area (Å²) in [4.78, 5) is 0. The molecular weight excluding hydrogens is 219 g/mol. The number of methoxy groups -OCH3 is 1. The standard InChI is InChI=1S/C14H17FO2/c1-17-13-7-6-9(8-12(13)15)14(16)10-4-2-3-5-11(10)14/h6-8,10-11,16H,2-5H2,1H3. The first-order chi connectivity index (χ1) is 8.17. The molecule has 17 heavy (non-hydrogen) atoms. The van der Waals surface area contributed by atoms with E-state index < -0.39 is 5.60 Å². The molecule has 0 aromatic heterocycles. The van der Waals surface area contributed by atoms with Crippen LogP contribution in [0.4, 0.5) is 4.39 Å². The fourth-order valence-electron chi connectivity index (χ4n) is 3.44. The van der Waals surface area contributed by atoms with Gasteiger partial charge in [-0.25, -0.2) is 4.39 Å². The van der Waals surface area contributed by atoms with Gasteiger partial charge in [0.1, 0.15) is 0 Å². The quantitative estimate of drug-likeness (QED) is 0.855. The molecule has 2 aliphatic carbocycles. The molecule has 2 aliphatic rings. The van der Waals surface area contributed by atoms with Crippen molar-refractivity contribution in [2.75, 3.05) is 7.11 Å². The summed E-state index contributed by atoms with van der Waals surface area (Å²) < 4.78 is 18.5. The highest BCUT2D eigenvalue weighted by atomic mass is 19.1. The molecule has 1 N–H and O–H groups in total. The van der Waals surface area contributed by atoms with E-state index in [-0.39, 0.29) is 11.6 Å². The second-order valence-electron chi connectivity index (χ2n) is 5.17. The second kappa shape index (κ2) is 3.70. The lowest BCUT2D eigenvalue weighted by Gasteiger charge is -2.12. The van der Waals surface area contributed by atoms with E-state index in [1.807, 2.05) is 0 Å². The molecule has 1 aromatic carbocycles. The molecule has 92 valence electrons. The Kier molecular flexibility index (Phi) is 2.40. The first-order valence-electron chi connectivity index (χ1n) is 6.24. The molecule has 2 nitrogen and oxygen atoms in total. The Morgan fingerprint density at radius 2 is 1.94 bits per heavy atom. The summed E-state index contributed by atoms with van der Waals surface area (Å²) in [5.74, 6) is 0.524. The topological polar surface area (TPSA) is 29.5 Å². The number of fused-ring (bicyclic) bond motifs is 1. The molecule has 3 rings (SSSR count). The van der Waals surface area contributed by atoms with Gasteiger partial charge in [-0.15, -0.1) is 0 Å². The van der Waals surface area contributed by atoms with Crippen LogP contribution in [0.2, 0.25) is 0 Å². The maximum absolute atomic E-state index is 13.7. The average Bonchev–Trinajstić information content (AvgIpc) is 2.97. The third-order valence-corrected chi connectivity index (χ3v) is 4.40. The Balaban J connectivity index is 1.92. The predicted octanol–water partition coefficient (Wildman–Crippen LogP) is 2.84.